The number of hydrogen-bond acceptors (Lipinski definition) is 2. The molecule has 0 spiro atoms. The summed E-state index contributed by atoms with van der Waals surface area (Å²) in [5.41, 5.74) is 5.78. The Labute approximate surface area is 117 Å². The van der Waals surface area contributed by atoms with E-state index in [0.717, 1.165) is 0 Å². The van der Waals surface area contributed by atoms with Crippen molar-refractivity contribution in [2.75, 3.05) is 0 Å². The lowest BCUT2D eigenvalue weighted by atomic mass is 9.99. The van der Waals surface area contributed by atoms with E-state index in [-0.39, 0.29) is 0 Å². The minimum absolute atomic E-state index is 1.39. The van der Waals surface area contributed by atoms with E-state index < -0.39 is 0 Å². The molecule has 0 saturated carbocycles. The second kappa shape index (κ2) is 4.36. The second-order valence-electron chi connectivity index (χ2n) is 4.81. The summed E-state index contributed by atoms with van der Waals surface area (Å²) in [5.74, 6) is 0. The fraction of sp³-hybridized carbons (Fsp3) is 0.250. The number of fused-ring (bicyclic) bond motifs is 2. The lowest BCUT2D eigenvalue weighted by Gasteiger charge is -2.24. The summed E-state index contributed by atoms with van der Waals surface area (Å²) in [5, 5.41) is 0. The highest BCUT2D eigenvalue weighted by Crippen LogP contribution is 2.51. The van der Waals surface area contributed by atoms with Gasteiger partial charge in [0.05, 0.1) is 0 Å². The zero-order valence-electron chi connectivity index (χ0n) is 11.1. The standard InChI is InChI=1S/C16H16S2/c1-9-10(2)12(4)16-15(11(9)3)17-13-7-5-6-8-14(13)18-16/h5-8H,1-4H3. The first kappa shape index (κ1) is 12.2. The van der Waals surface area contributed by atoms with Gasteiger partial charge in [-0.2, -0.15) is 0 Å². The van der Waals surface area contributed by atoms with Crippen LogP contribution in [-0.2, 0) is 0 Å². The number of rotatable bonds is 0. The van der Waals surface area contributed by atoms with Gasteiger partial charge < -0.3 is 0 Å². The zero-order valence-corrected chi connectivity index (χ0v) is 12.8. The molecule has 18 heavy (non-hydrogen) atoms. The summed E-state index contributed by atoms with van der Waals surface area (Å²) in [7, 11) is 0. The normalized spacial score (nSPS) is 13.1. The molecule has 1 aliphatic heterocycles. The molecular formula is C16H16S2. The summed E-state index contributed by atoms with van der Waals surface area (Å²) in [6, 6.07) is 8.70. The molecule has 0 unspecified atom stereocenters. The van der Waals surface area contributed by atoms with E-state index in [1.54, 1.807) is 0 Å². The largest absolute Gasteiger partial charge is 0.0874 e. The molecule has 1 aliphatic rings. The van der Waals surface area contributed by atoms with Crippen molar-refractivity contribution in [1.82, 2.24) is 0 Å². The average molecular weight is 272 g/mol. The fourth-order valence-corrected chi connectivity index (χ4v) is 5.00. The van der Waals surface area contributed by atoms with Crippen LogP contribution in [0.25, 0.3) is 0 Å². The molecule has 0 radical (unpaired) electrons. The van der Waals surface area contributed by atoms with E-state index in [4.69, 9.17) is 0 Å². The van der Waals surface area contributed by atoms with Gasteiger partial charge in [0.15, 0.2) is 0 Å². The lowest BCUT2D eigenvalue weighted by molar-refractivity contribution is 1.03. The molecule has 0 bridgehead atoms. The van der Waals surface area contributed by atoms with Crippen LogP contribution >= 0.6 is 23.5 Å². The topological polar surface area (TPSA) is 0 Å². The van der Waals surface area contributed by atoms with Gasteiger partial charge in [0, 0.05) is 19.6 Å². The Morgan fingerprint density at radius 2 is 1.00 bits per heavy atom. The van der Waals surface area contributed by atoms with Crippen molar-refractivity contribution in [3.05, 3.63) is 46.5 Å². The summed E-state index contributed by atoms with van der Waals surface area (Å²) in [6.45, 7) is 8.98. The highest BCUT2D eigenvalue weighted by molar-refractivity contribution is 8.05. The molecule has 0 atom stereocenters. The van der Waals surface area contributed by atoms with Crippen LogP contribution in [-0.4, -0.2) is 0 Å². The van der Waals surface area contributed by atoms with E-state index in [1.807, 2.05) is 23.5 Å². The maximum atomic E-state index is 2.25. The van der Waals surface area contributed by atoms with Gasteiger partial charge in [0.2, 0.25) is 0 Å². The molecule has 1 heterocycles. The van der Waals surface area contributed by atoms with Gasteiger partial charge in [0.1, 0.15) is 0 Å². The SMILES string of the molecule is Cc1c(C)c(C)c2c(c1C)Sc1ccccc1S2. The Hall–Kier alpha value is -0.860. The second-order valence-corrected chi connectivity index (χ2v) is 6.91. The van der Waals surface area contributed by atoms with E-state index in [2.05, 4.69) is 52.0 Å². The molecule has 0 amide bonds. The predicted molar refractivity (Wildman–Crippen MR) is 80.1 cm³/mol. The first-order valence-electron chi connectivity index (χ1n) is 6.14. The molecule has 3 rings (SSSR count). The minimum atomic E-state index is 1.39. The third-order valence-electron chi connectivity index (χ3n) is 3.85. The minimum Gasteiger partial charge on any atom is -0.0874 e. The van der Waals surface area contributed by atoms with Crippen LogP contribution < -0.4 is 0 Å². The van der Waals surface area contributed by atoms with Gasteiger partial charge in [-0.3, -0.25) is 0 Å². The van der Waals surface area contributed by atoms with Crippen molar-refractivity contribution < 1.29 is 0 Å². The maximum Gasteiger partial charge on any atom is 0.0297 e. The Kier molecular flexibility index (Phi) is 2.95. The van der Waals surface area contributed by atoms with Gasteiger partial charge in [0.25, 0.3) is 0 Å². The summed E-state index contributed by atoms with van der Waals surface area (Å²) in [4.78, 5) is 5.69. The first-order chi connectivity index (χ1) is 8.59. The Morgan fingerprint density at radius 1 is 0.611 bits per heavy atom. The van der Waals surface area contributed by atoms with Crippen LogP contribution in [0.15, 0.2) is 43.8 Å². The molecule has 0 fully saturated rings. The molecule has 0 N–H and O–H groups in total. The summed E-state index contributed by atoms with van der Waals surface area (Å²) >= 11 is 3.85. The molecule has 0 saturated heterocycles. The van der Waals surface area contributed by atoms with E-state index in [1.165, 1.54) is 41.8 Å². The highest BCUT2D eigenvalue weighted by Gasteiger charge is 2.22. The quantitative estimate of drug-likeness (QED) is 0.527. The van der Waals surface area contributed by atoms with Gasteiger partial charge in [-0.15, -0.1) is 0 Å². The lowest BCUT2D eigenvalue weighted by Crippen LogP contribution is -2.00. The van der Waals surface area contributed by atoms with Gasteiger partial charge in [-0.05, 0) is 62.1 Å². The van der Waals surface area contributed by atoms with E-state index in [0.29, 0.717) is 0 Å². The highest BCUT2D eigenvalue weighted by atomic mass is 32.2. The zero-order chi connectivity index (χ0) is 12.9. The molecule has 0 aliphatic carbocycles. The average Bonchev–Trinajstić information content (AvgIpc) is 2.41. The van der Waals surface area contributed by atoms with Crippen molar-refractivity contribution in [3.8, 4) is 0 Å². The predicted octanol–water partition coefficient (Wildman–Crippen LogP) is 5.54. The molecule has 92 valence electrons. The van der Waals surface area contributed by atoms with Crippen molar-refractivity contribution in [2.45, 2.75) is 47.3 Å². The number of benzene rings is 2. The smallest absolute Gasteiger partial charge is 0.0297 e. The van der Waals surface area contributed by atoms with Gasteiger partial charge in [-0.25, -0.2) is 0 Å². The third-order valence-corrected chi connectivity index (χ3v) is 6.69. The molecular weight excluding hydrogens is 256 g/mol. The maximum absolute atomic E-state index is 2.25. The van der Waals surface area contributed by atoms with Crippen LogP contribution in [0.4, 0.5) is 0 Å². The van der Waals surface area contributed by atoms with Crippen molar-refractivity contribution >= 4 is 23.5 Å². The molecule has 0 nitrogen and oxygen atoms in total. The number of hydrogen-bond donors (Lipinski definition) is 0. The fourth-order valence-electron chi connectivity index (χ4n) is 2.33. The molecule has 2 heteroatoms. The third kappa shape index (κ3) is 1.70. The molecule has 2 aromatic rings. The van der Waals surface area contributed by atoms with Crippen molar-refractivity contribution in [3.63, 3.8) is 0 Å². The van der Waals surface area contributed by atoms with Crippen molar-refractivity contribution in [1.29, 1.82) is 0 Å². The first-order valence-corrected chi connectivity index (χ1v) is 7.78. The Morgan fingerprint density at radius 3 is 1.39 bits per heavy atom. The monoisotopic (exact) mass is 272 g/mol. The Bertz CT molecular complexity index is 586. The van der Waals surface area contributed by atoms with Crippen molar-refractivity contribution in [2.24, 2.45) is 0 Å². The van der Waals surface area contributed by atoms with E-state index >= 15 is 0 Å². The van der Waals surface area contributed by atoms with Crippen LogP contribution in [0.1, 0.15) is 22.3 Å². The van der Waals surface area contributed by atoms with Gasteiger partial charge >= 0.3 is 0 Å². The Balaban J connectivity index is 2.25. The van der Waals surface area contributed by atoms with Crippen LogP contribution in [0.5, 0.6) is 0 Å². The summed E-state index contributed by atoms with van der Waals surface area (Å²) < 4.78 is 0. The van der Waals surface area contributed by atoms with Crippen LogP contribution in [0.3, 0.4) is 0 Å². The van der Waals surface area contributed by atoms with Crippen LogP contribution in [0.2, 0.25) is 0 Å². The summed E-state index contributed by atoms with van der Waals surface area (Å²) in [6.07, 6.45) is 0. The van der Waals surface area contributed by atoms with Crippen LogP contribution in [0, 0.1) is 27.7 Å². The van der Waals surface area contributed by atoms with E-state index in [9.17, 15) is 0 Å². The molecule has 2 aromatic carbocycles. The molecule has 0 aromatic heterocycles. The van der Waals surface area contributed by atoms with Gasteiger partial charge in [-0.1, -0.05) is 35.7 Å².